The maximum absolute atomic E-state index is 12.8. The third-order valence-corrected chi connectivity index (χ3v) is 14.6. The minimum absolute atomic E-state index is 0.189. The third kappa shape index (κ3) is 5.59. The van der Waals surface area contributed by atoms with Crippen molar-refractivity contribution in [3.63, 3.8) is 0 Å². The zero-order valence-corrected chi connectivity index (χ0v) is 26.8. The van der Waals surface area contributed by atoms with Gasteiger partial charge in [0.05, 0.1) is 17.1 Å². The van der Waals surface area contributed by atoms with Crippen LogP contribution >= 0.6 is 0 Å². The number of rotatable bonds is 9. The molecule has 4 fully saturated rings. The van der Waals surface area contributed by atoms with Gasteiger partial charge in [0, 0.05) is 6.42 Å². The fourth-order valence-corrected chi connectivity index (χ4v) is 12.3. The molecule has 0 unspecified atom stereocenters. The lowest BCUT2D eigenvalue weighted by Gasteiger charge is -2.64. The molecule has 0 radical (unpaired) electrons. The molecule has 4 aliphatic carbocycles. The number of carbonyl (C=O) groups is 1. The Hall–Kier alpha value is -1.24. The summed E-state index contributed by atoms with van der Waals surface area (Å²) in [6.07, 6.45) is 10.0. The van der Waals surface area contributed by atoms with Gasteiger partial charge in [-0.15, -0.1) is 0 Å². The molecule has 0 spiro atoms. The molecule has 11 atom stereocenters. The lowest BCUT2D eigenvalue weighted by molar-refractivity contribution is -0.203. The summed E-state index contributed by atoms with van der Waals surface area (Å²) in [5, 5.41) is 22.5. The Kier molecular flexibility index (Phi) is 8.89. The maximum Gasteiger partial charge on any atom is 0.185 e. The molecule has 1 aromatic carbocycles. The van der Waals surface area contributed by atoms with Crippen LogP contribution < -0.4 is 0 Å². The Morgan fingerprint density at radius 3 is 2.44 bits per heavy atom. The minimum atomic E-state index is -3.60. The molecule has 1 aromatic rings. The summed E-state index contributed by atoms with van der Waals surface area (Å²) in [6, 6.07) is 6.80. The number of aryl methyl sites for hydroxylation is 1. The number of fused-ring (bicyclic) bond motifs is 5. The van der Waals surface area contributed by atoms with Crippen LogP contribution in [0.1, 0.15) is 104 Å². The van der Waals surface area contributed by atoms with Gasteiger partial charge in [0.1, 0.15) is 11.5 Å². The van der Waals surface area contributed by atoms with Crippen molar-refractivity contribution in [3.05, 3.63) is 29.8 Å². The highest BCUT2D eigenvalue weighted by Crippen LogP contribution is 2.69. The number of Topliss-reactive ketones (excluding diaryl/α,β-unsaturated/α-hetero) is 1. The SMILES string of the molecule is CC[C@H]1[C@@H](O)[C@@H]2[C@H](CC[C@]3(C)[C@@H]([C@H](C)CCCC(=O)CS(=O)(=O)c4cccc(C)c4)CC[C@@H]23)[C@@]2(C)CC[C@@H](O)C[C@@H]12. The molecule has 0 aliphatic heterocycles. The normalized spacial score (nSPS) is 41.2. The van der Waals surface area contributed by atoms with Gasteiger partial charge in [0.15, 0.2) is 9.84 Å². The van der Waals surface area contributed by atoms with Crippen LogP contribution in [0.4, 0.5) is 0 Å². The van der Waals surface area contributed by atoms with Gasteiger partial charge in [-0.3, -0.25) is 4.79 Å². The van der Waals surface area contributed by atoms with Gasteiger partial charge in [0.25, 0.3) is 0 Å². The molecule has 0 bridgehead atoms. The Balaban J connectivity index is 1.22. The van der Waals surface area contributed by atoms with E-state index >= 15 is 0 Å². The van der Waals surface area contributed by atoms with Gasteiger partial charge in [0.2, 0.25) is 0 Å². The summed E-state index contributed by atoms with van der Waals surface area (Å²) in [4.78, 5) is 12.9. The first kappa shape index (κ1) is 31.2. The van der Waals surface area contributed by atoms with Crippen LogP contribution in [-0.4, -0.2) is 42.4 Å². The van der Waals surface area contributed by atoms with E-state index in [4.69, 9.17) is 0 Å². The number of hydrogen-bond donors (Lipinski definition) is 2. The predicted molar refractivity (Wildman–Crippen MR) is 163 cm³/mol. The van der Waals surface area contributed by atoms with Crippen LogP contribution in [0.2, 0.25) is 0 Å². The van der Waals surface area contributed by atoms with E-state index in [0.29, 0.717) is 41.9 Å². The fourth-order valence-electron chi connectivity index (χ4n) is 10.9. The van der Waals surface area contributed by atoms with Crippen molar-refractivity contribution in [2.45, 2.75) is 122 Å². The summed E-state index contributed by atoms with van der Waals surface area (Å²) in [5.74, 6) is 2.56. The van der Waals surface area contributed by atoms with Gasteiger partial charge >= 0.3 is 0 Å². The first-order chi connectivity index (χ1) is 19.3. The standard InChI is InChI=1S/C35H54O5S/c1-6-27-31-20-24(36)15-17-35(31,5)30-16-18-34(4)28(13-14-29(34)32(30)33(27)38)23(3)10-8-11-25(37)21-41(39,40)26-12-7-9-22(2)19-26/h7,9,12,19,23-24,27-33,36,38H,6,8,10-11,13-18,20-21H2,1-5H3/t23-,24-,27-,28-,29+,30+,31+,32+,33-,34-,35-/m1/s1. The highest BCUT2D eigenvalue weighted by atomic mass is 32.2. The molecule has 4 saturated carbocycles. The molecule has 0 saturated heterocycles. The highest BCUT2D eigenvalue weighted by molar-refractivity contribution is 7.92. The second-order valence-electron chi connectivity index (χ2n) is 15.1. The number of ketones is 1. The van der Waals surface area contributed by atoms with E-state index in [9.17, 15) is 23.4 Å². The molecule has 0 heterocycles. The molecule has 230 valence electrons. The van der Waals surface area contributed by atoms with Gasteiger partial charge in [-0.25, -0.2) is 8.42 Å². The fraction of sp³-hybridized carbons (Fsp3) is 0.800. The van der Waals surface area contributed by atoms with Crippen LogP contribution in [0.5, 0.6) is 0 Å². The van der Waals surface area contributed by atoms with Crippen LogP contribution in [0.15, 0.2) is 29.2 Å². The van der Waals surface area contributed by atoms with E-state index in [-0.39, 0.29) is 39.6 Å². The van der Waals surface area contributed by atoms with Gasteiger partial charge in [-0.05, 0) is 128 Å². The van der Waals surface area contributed by atoms with Crippen LogP contribution in [-0.2, 0) is 14.6 Å². The van der Waals surface area contributed by atoms with Gasteiger partial charge < -0.3 is 10.2 Å². The number of benzene rings is 1. The molecular formula is C35H54O5S. The molecule has 0 amide bonds. The topological polar surface area (TPSA) is 91.7 Å². The van der Waals surface area contributed by atoms with E-state index in [1.165, 1.54) is 25.7 Å². The number of hydrogen-bond acceptors (Lipinski definition) is 5. The van der Waals surface area contributed by atoms with Crippen LogP contribution in [0.3, 0.4) is 0 Å². The smallest absolute Gasteiger partial charge is 0.185 e. The van der Waals surface area contributed by atoms with E-state index < -0.39 is 15.6 Å². The van der Waals surface area contributed by atoms with E-state index in [1.54, 1.807) is 18.2 Å². The summed E-state index contributed by atoms with van der Waals surface area (Å²) >= 11 is 0. The molecule has 5 rings (SSSR count). The molecule has 6 heteroatoms. The van der Waals surface area contributed by atoms with Crippen molar-refractivity contribution in [2.24, 2.45) is 52.3 Å². The predicted octanol–water partition coefficient (Wildman–Crippen LogP) is 6.77. The van der Waals surface area contributed by atoms with Crippen molar-refractivity contribution in [1.29, 1.82) is 0 Å². The van der Waals surface area contributed by atoms with Crippen molar-refractivity contribution in [1.82, 2.24) is 0 Å². The van der Waals surface area contributed by atoms with Crippen molar-refractivity contribution >= 4 is 15.6 Å². The summed E-state index contributed by atoms with van der Waals surface area (Å²) in [6.45, 7) is 11.4. The number of sulfone groups is 1. The first-order valence-corrected chi connectivity index (χ1v) is 18.1. The zero-order chi connectivity index (χ0) is 29.7. The molecular weight excluding hydrogens is 532 g/mol. The monoisotopic (exact) mass is 586 g/mol. The van der Waals surface area contributed by atoms with Crippen LogP contribution in [0, 0.1) is 59.2 Å². The zero-order valence-electron chi connectivity index (χ0n) is 26.0. The van der Waals surface area contributed by atoms with E-state index in [2.05, 4.69) is 27.7 Å². The second-order valence-corrected chi connectivity index (χ2v) is 17.1. The molecule has 41 heavy (non-hydrogen) atoms. The first-order valence-electron chi connectivity index (χ1n) is 16.5. The number of carbonyl (C=O) groups excluding carboxylic acids is 1. The van der Waals surface area contributed by atoms with Gasteiger partial charge in [-0.1, -0.05) is 52.7 Å². The second kappa shape index (κ2) is 11.7. The lowest BCUT2D eigenvalue weighted by atomic mass is 9.41. The van der Waals surface area contributed by atoms with E-state index in [1.807, 2.05) is 13.0 Å². The average molecular weight is 587 g/mol. The van der Waals surface area contributed by atoms with Crippen molar-refractivity contribution in [3.8, 4) is 0 Å². The Morgan fingerprint density at radius 1 is 1.02 bits per heavy atom. The Labute approximate surface area is 248 Å². The molecule has 5 nitrogen and oxygen atoms in total. The number of aliphatic hydroxyl groups is 2. The number of aliphatic hydroxyl groups excluding tert-OH is 2. The largest absolute Gasteiger partial charge is 0.393 e. The van der Waals surface area contributed by atoms with E-state index in [0.717, 1.165) is 44.1 Å². The summed E-state index contributed by atoms with van der Waals surface area (Å²) < 4.78 is 25.5. The third-order valence-electron chi connectivity index (χ3n) is 13.0. The molecule has 0 aromatic heterocycles. The van der Waals surface area contributed by atoms with Gasteiger partial charge in [-0.2, -0.15) is 0 Å². The summed E-state index contributed by atoms with van der Waals surface area (Å²) in [7, 11) is -3.60. The average Bonchev–Trinajstić information content (AvgIpc) is 3.27. The van der Waals surface area contributed by atoms with Crippen molar-refractivity contribution < 1.29 is 23.4 Å². The van der Waals surface area contributed by atoms with Crippen LogP contribution in [0.25, 0.3) is 0 Å². The lowest BCUT2D eigenvalue weighted by Crippen LogP contribution is -2.62. The highest BCUT2D eigenvalue weighted by Gasteiger charge is 2.64. The minimum Gasteiger partial charge on any atom is -0.393 e. The molecule has 2 N–H and O–H groups in total. The summed E-state index contributed by atoms with van der Waals surface area (Å²) in [5.41, 5.74) is 1.30. The Morgan fingerprint density at radius 2 is 1.73 bits per heavy atom. The molecule has 4 aliphatic rings. The quantitative estimate of drug-likeness (QED) is 0.333. The van der Waals surface area contributed by atoms with Crippen molar-refractivity contribution in [2.75, 3.05) is 5.75 Å². The maximum atomic E-state index is 12.8. The Bertz CT molecular complexity index is 1210.